The summed E-state index contributed by atoms with van der Waals surface area (Å²) in [5.41, 5.74) is 1.13. The molecule has 0 unspecified atom stereocenters. The standard InChI is InChI=1S/C17H20Cl2N2OS/c1-21(2)15(12-3-5-13(18)6-4-12)11-20-17(22)10-8-14-7-9-16(19)23-14/h3-7,9,15H,8,10-11H2,1-2H3,(H,20,22)/t15-/m1/s1. The normalized spacial score (nSPS) is 12.4. The van der Waals surface area contributed by atoms with Gasteiger partial charge in [-0.1, -0.05) is 35.3 Å². The fourth-order valence-corrected chi connectivity index (χ4v) is 3.52. The molecule has 2 aromatic rings. The number of hydrogen-bond acceptors (Lipinski definition) is 3. The van der Waals surface area contributed by atoms with Crippen molar-refractivity contribution in [1.82, 2.24) is 10.2 Å². The molecule has 1 atom stereocenters. The van der Waals surface area contributed by atoms with Gasteiger partial charge in [0.1, 0.15) is 0 Å². The first kappa shape index (κ1) is 18.3. The van der Waals surface area contributed by atoms with Crippen LogP contribution in [0.1, 0.15) is 22.9 Å². The van der Waals surface area contributed by atoms with Crippen molar-refractivity contribution in [3.8, 4) is 0 Å². The van der Waals surface area contributed by atoms with Crippen LogP contribution in [0.15, 0.2) is 36.4 Å². The second-order valence-corrected chi connectivity index (χ2v) is 7.78. The summed E-state index contributed by atoms with van der Waals surface area (Å²) in [6.07, 6.45) is 1.19. The highest BCUT2D eigenvalue weighted by atomic mass is 35.5. The van der Waals surface area contributed by atoms with Crippen LogP contribution in [0.5, 0.6) is 0 Å². The molecule has 0 spiro atoms. The number of amides is 1. The van der Waals surface area contributed by atoms with E-state index in [1.54, 1.807) is 0 Å². The largest absolute Gasteiger partial charge is 0.354 e. The van der Waals surface area contributed by atoms with E-state index in [2.05, 4.69) is 10.2 Å². The van der Waals surface area contributed by atoms with Gasteiger partial charge in [-0.3, -0.25) is 4.79 Å². The Labute approximate surface area is 151 Å². The van der Waals surface area contributed by atoms with Crippen LogP contribution in [0.2, 0.25) is 9.36 Å². The predicted molar refractivity (Wildman–Crippen MR) is 98.5 cm³/mol. The Morgan fingerprint density at radius 3 is 2.43 bits per heavy atom. The van der Waals surface area contributed by atoms with E-state index in [0.717, 1.165) is 21.2 Å². The third-order valence-corrected chi connectivity index (χ3v) is 5.14. The van der Waals surface area contributed by atoms with Crippen LogP contribution >= 0.6 is 34.5 Å². The number of carbonyl (C=O) groups excluding carboxylic acids is 1. The molecule has 23 heavy (non-hydrogen) atoms. The van der Waals surface area contributed by atoms with E-state index in [9.17, 15) is 4.79 Å². The monoisotopic (exact) mass is 370 g/mol. The number of thiophene rings is 1. The lowest BCUT2D eigenvalue weighted by Crippen LogP contribution is -2.34. The van der Waals surface area contributed by atoms with E-state index in [4.69, 9.17) is 23.2 Å². The first-order chi connectivity index (χ1) is 11.0. The number of halogens is 2. The number of nitrogens with zero attached hydrogens (tertiary/aromatic N) is 1. The van der Waals surface area contributed by atoms with E-state index in [1.807, 2.05) is 50.5 Å². The SMILES string of the molecule is CN(C)[C@H](CNC(=O)CCc1ccc(Cl)s1)c1ccc(Cl)cc1. The van der Waals surface area contributed by atoms with E-state index in [1.165, 1.54) is 11.3 Å². The number of rotatable bonds is 7. The van der Waals surface area contributed by atoms with Crippen molar-refractivity contribution >= 4 is 40.4 Å². The van der Waals surface area contributed by atoms with Crippen LogP contribution in [0.4, 0.5) is 0 Å². The maximum absolute atomic E-state index is 12.1. The predicted octanol–water partition coefficient (Wildman–Crippen LogP) is 4.41. The third kappa shape index (κ3) is 5.81. The summed E-state index contributed by atoms with van der Waals surface area (Å²) in [5, 5.41) is 3.73. The van der Waals surface area contributed by atoms with Crippen LogP contribution in [-0.2, 0) is 11.2 Å². The second-order valence-electron chi connectivity index (χ2n) is 5.54. The summed E-state index contributed by atoms with van der Waals surface area (Å²) in [4.78, 5) is 15.3. The van der Waals surface area contributed by atoms with Gasteiger partial charge in [0, 0.05) is 22.9 Å². The molecular formula is C17H20Cl2N2OS. The Morgan fingerprint density at radius 2 is 1.87 bits per heavy atom. The molecule has 0 fully saturated rings. The number of aryl methyl sites for hydroxylation is 1. The van der Waals surface area contributed by atoms with Crippen molar-refractivity contribution in [2.24, 2.45) is 0 Å². The lowest BCUT2D eigenvalue weighted by atomic mass is 10.1. The lowest BCUT2D eigenvalue weighted by Gasteiger charge is -2.25. The molecule has 1 aromatic carbocycles. The molecule has 0 radical (unpaired) electrons. The topological polar surface area (TPSA) is 32.3 Å². The fourth-order valence-electron chi connectivity index (χ4n) is 2.31. The second kappa shape index (κ2) is 8.69. The van der Waals surface area contributed by atoms with Gasteiger partial charge in [0.05, 0.1) is 10.4 Å². The minimum Gasteiger partial charge on any atom is -0.354 e. The van der Waals surface area contributed by atoms with Gasteiger partial charge in [-0.25, -0.2) is 0 Å². The van der Waals surface area contributed by atoms with Crippen LogP contribution in [-0.4, -0.2) is 31.4 Å². The van der Waals surface area contributed by atoms with Crippen molar-refractivity contribution < 1.29 is 4.79 Å². The maximum Gasteiger partial charge on any atom is 0.220 e. The average molecular weight is 371 g/mol. The zero-order valence-electron chi connectivity index (χ0n) is 13.2. The Bertz CT molecular complexity index is 640. The molecular weight excluding hydrogens is 351 g/mol. The van der Waals surface area contributed by atoms with Crippen LogP contribution in [0, 0.1) is 0 Å². The van der Waals surface area contributed by atoms with Gasteiger partial charge < -0.3 is 10.2 Å². The van der Waals surface area contributed by atoms with Gasteiger partial charge in [0.15, 0.2) is 0 Å². The van der Waals surface area contributed by atoms with Gasteiger partial charge in [-0.05, 0) is 50.3 Å². The molecule has 0 aliphatic rings. The molecule has 1 heterocycles. The molecule has 0 bridgehead atoms. The smallest absolute Gasteiger partial charge is 0.220 e. The summed E-state index contributed by atoms with van der Waals surface area (Å²) in [6.45, 7) is 0.568. The number of carbonyl (C=O) groups is 1. The highest BCUT2D eigenvalue weighted by molar-refractivity contribution is 7.16. The number of likely N-dealkylation sites (N-methyl/N-ethyl adjacent to an activating group) is 1. The average Bonchev–Trinajstić information content (AvgIpc) is 2.92. The maximum atomic E-state index is 12.1. The van der Waals surface area contributed by atoms with Crippen molar-refractivity contribution in [3.63, 3.8) is 0 Å². The van der Waals surface area contributed by atoms with Gasteiger partial charge >= 0.3 is 0 Å². The molecule has 0 saturated heterocycles. The highest BCUT2D eigenvalue weighted by Crippen LogP contribution is 2.23. The minimum absolute atomic E-state index is 0.0512. The number of benzene rings is 1. The van der Waals surface area contributed by atoms with Gasteiger partial charge in [-0.15, -0.1) is 11.3 Å². The fraction of sp³-hybridized carbons (Fsp3) is 0.353. The van der Waals surface area contributed by atoms with E-state index in [-0.39, 0.29) is 11.9 Å². The van der Waals surface area contributed by atoms with E-state index < -0.39 is 0 Å². The number of hydrogen-bond donors (Lipinski definition) is 1. The Balaban J connectivity index is 1.85. The van der Waals surface area contributed by atoms with Crippen LogP contribution in [0.25, 0.3) is 0 Å². The van der Waals surface area contributed by atoms with Crippen molar-refractivity contribution in [2.75, 3.05) is 20.6 Å². The summed E-state index contributed by atoms with van der Waals surface area (Å²) < 4.78 is 0.760. The lowest BCUT2D eigenvalue weighted by molar-refractivity contribution is -0.121. The molecule has 124 valence electrons. The van der Waals surface area contributed by atoms with Crippen LogP contribution in [0.3, 0.4) is 0 Å². The highest BCUT2D eigenvalue weighted by Gasteiger charge is 2.15. The zero-order chi connectivity index (χ0) is 16.8. The van der Waals surface area contributed by atoms with Crippen molar-refractivity contribution in [1.29, 1.82) is 0 Å². The van der Waals surface area contributed by atoms with Gasteiger partial charge in [0.25, 0.3) is 0 Å². The van der Waals surface area contributed by atoms with Crippen molar-refractivity contribution in [2.45, 2.75) is 18.9 Å². The minimum atomic E-state index is 0.0512. The molecule has 2 rings (SSSR count). The zero-order valence-corrected chi connectivity index (χ0v) is 15.5. The molecule has 3 nitrogen and oxygen atoms in total. The van der Waals surface area contributed by atoms with Crippen LogP contribution < -0.4 is 5.32 Å². The molecule has 0 saturated carbocycles. The molecule has 6 heteroatoms. The molecule has 0 aliphatic heterocycles. The Hall–Kier alpha value is -1.07. The molecule has 1 amide bonds. The summed E-state index contributed by atoms with van der Waals surface area (Å²) in [7, 11) is 4.00. The first-order valence-electron chi connectivity index (χ1n) is 7.38. The summed E-state index contributed by atoms with van der Waals surface area (Å²) in [5.74, 6) is 0.0512. The molecule has 0 aliphatic carbocycles. The van der Waals surface area contributed by atoms with Crippen molar-refractivity contribution in [3.05, 3.63) is 56.2 Å². The summed E-state index contributed by atoms with van der Waals surface area (Å²) in [6, 6.07) is 11.7. The summed E-state index contributed by atoms with van der Waals surface area (Å²) >= 11 is 13.4. The Morgan fingerprint density at radius 1 is 1.17 bits per heavy atom. The van der Waals surface area contributed by atoms with Gasteiger partial charge in [0.2, 0.25) is 5.91 Å². The van der Waals surface area contributed by atoms with E-state index >= 15 is 0 Å². The quantitative estimate of drug-likeness (QED) is 0.782. The third-order valence-electron chi connectivity index (χ3n) is 3.60. The van der Waals surface area contributed by atoms with E-state index in [0.29, 0.717) is 18.0 Å². The molecule has 1 aromatic heterocycles. The Kier molecular flexibility index (Phi) is 6.90. The molecule has 1 N–H and O–H groups in total. The first-order valence-corrected chi connectivity index (χ1v) is 8.96. The number of nitrogens with one attached hydrogen (secondary N) is 1. The van der Waals surface area contributed by atoms with Gasteiger partial charge in [-0.2, -0.15) is 0 Å².